The Labute approximate surface area is 384 Å². The van der Waals surface area contributed by atoms with Crippen molar-refractivity contribution < 1.29 is 0 Å². The second kappa shape index (κ2) is 14.9. The minimum absolute atomic E-state index is 0.150. The summed E-state index contributed by atoms with van der Waals surface area (Å²) in [6.45, 7) is 6.96. The Morgan fingerprint density at radius 1 is 0.492 bits per heavy atom. The van der Waals surface area contributed by atoms with Crippen molar-refractivity contribution in [3.8, 4) is 17.2 Å². The molecule has 2 aliphatic carbocycles. The van der Waals surface area contributed by atoms with E-state index in [0.717, 1.165) is 46.1 Å². The lowest BCUT2D eigenvalue weighted by molar-refractivity contribution is 0.598. The molecule has 1 heterocycles. The first-order valence-corrected chi connectivity index (χ1v) is 23.3. The maximum absolute atomic E-state index is 9.54. The molecule has 0 saturated carbocycles. The maximum atomic E-state index is 9.54. The van der Waals surface area contributed by atoms with Crippen molar-refractivity contribution in [2.24, 2.45) is 0 Å². The molecular formula is C61H45N3S. The van der Waals surface area contributed by atoms with Gasteiger partial charge in [0.25, 0.3) is 0 Å². The number of para-hydroxylation sites is 1. The molecule has 1 unspecified atom stereocenters. The zero-order chi connectivity index (χ0) is 43.9. The van der Waals surface area contributed by atoms with Crippen molar-refractivity contribution in [2.45, 2.75) is 38.0 Å². The molecule has 65 heavy (non-hydrogen) atoms. The van der Waals surface area contributed by atoms with Crippen molar-refractivity contribution >= 4 is 87.2 Å². The van der Waals surface area contributed by atoms with Gasteiger partial charge in [0, 0.05) is 70.4 Å². The largest absolute Gasteiger partial charge is 0.310 e. The van der Waals surface area contributed by atoms with Crippen LogP contribution in [0.1, 0.15) is 43.9 Å². The molecule has 2 aliphatic rings. The van der Waals surface area contributed by atoms with Gasteiger partial charge in [-0.2, -0.15) is 5.26 Å². The SMILES string of the molecule is CC1(c2ccc(N(c3ccc4c(c3)C(C)(C)c3ccccc3-4)c3ccc4c(N(c5ccccc5)c5ccc6sc7ccccc7c6c5)cc5ccccc5c4c3)cc2)C=CC(C#N)=CC1. The summed E-state index contributed by atoms with van der Waals surface area (Å²) >= 11 is 1.85. The minimum atomic E-state index is -0.197. The summed E-state index contributed by atoms with van der Waals surface area (Å²) < 4.78 is 2.59. The molecule has 0 aliphatic heterocycles. The Morgan fingerprint density at radius 3 is 1.94 bits per heavy atom. The first kappa shape index (κ1) is 38.9. The molecule has 310 valence electrons. The minimum Gasteiger partial charge on any atom is -0.310 e. The predicted molar refractivity (Wildman–Crippen MR) is 276 cm³/mol. The molecule has 10 aromatic rings. The highest BCUT2D eigenvalue weighted by Gasteiger charge is 2.36. The van der Waals surface area contributed by atoms with Crippen molar-refractivity contribution in [3.05, 3.63) is 229 Å². The second-order valence-electron chi connectivity index (χ2n) is 18.3. The van der Waals surface area contributed by atoms with Gasteiger partial charge in [0.2, 0.25) is 0 Å². The monoisotopic (exact) mass is 851 g/mol. The van der Waals surface area contributed by atoms with Crippen LogP contribution in [-0.4, -0.2) is 0 Å². The molecule has 1 aromatic heterocycles. The average Bonchev–Trinajstić information content (AvgIpc) is 3.83. The molecular weight excluding hydrogens is 807 g/mol. The second-order valence-corrected chi connectivity index (χ2v) is 19.4. The summed E-state index contributed by atoms with van der Waals surface area (Å²) in [5, 5.41) is 16.9. The van der Waals surface area contributed by atoms with E-state index in [1.54, 1.807) is 0 Å². The van der Waals surface area contributed by atoms with Gasteiger partial charge in [-0.3, -0.25) is 0 Å². The highest BCUT2D eigenvalue weighted by Crippen LogP contribution is 2.52. The first-order chi connectivity index (χ1) is 31.8. The van der Waals surface area contributed by atoms with Gasteiger partial charge in [-0.25, -0.2) is 0 Å². The Bertz CT molecular complexity index is 3640. The fourth-order valence-electron chi connectivity index (χ4n) is 10.6. The lowest BCUT2D eigenvalue weighted by Crippen LogP contribution is -2.20. The number of fused-ring (bicyclic) bond motifs is 9. The van der Waals surface area contributed by atoms with Crippen LogP contribution in [0, 0.1) is 11.3 Å². The molecule has 1 atom stereocenters. The summed E-state index contributed by atoms with van der Waals surface area (Å²) in [4.78, 5) is 4.87. The highest BCUT2D eigenvalue weighted by atomic mass is 32.1. The van der Waals surface area contributed by atoms with Crippen molar-refractivity contribution in [2.75, 3.05) is 9.80 Å². The van der Waals surface area contributed by atoms with E-state index in [-0.39, 0.29) is 10.8 Å². The van der Waals surface area contributed by atoms with Gasteiger partial charge in [-0.1, -0.05) is 142 Å². The van der Waals surface area contributed by atoms with Crippen molar-refractivity contribution in [3.63, 3.8) is 0 Å². The average molecular weight is 852 g/mol. The lowest BCUT2D eigenvalue weighted by Gasteiger charge is -2.31. The Morgan fingerprint density at radius 2 is 1.12 bits per heavy atom. The molecule has 0 amide bonds. The summed E-state index contributed by atoms with van der Waals surface area (Å²) in [5.41, 5.74) is 13.6. The van der Waals surface area contributed by atoms with E-state index in [1.165, 1.54) is 69.5 Å². The zero-order valence-corrected chi connectivity index (χ0v) is 37.4. The van der Waals surface area contributed by atoms with Crippen LogP contribution in [-0.2, 0) is 10.8 Å². The van der Waals surface area contributed by atoms with Crippen LogP contribution in [0.3, 0.4) is 0 Å². The molecule has 0 saturated heterocycles. The summed E-state index contributed by atoms with van der Waals surface area (Å²) in [7, 11) is 0. The standard InChI is InChI=1S/C61H45N3S/c1-60(2)55-19-11-9-17-49(55)50-28-25-47(38-56(50)60)63(44-23-21-42(22-24-44)61(3)33-31-40(39-62)32-34-61)45-26-29-51-53(36-45)48-16-8-7-13-41(48)35-57(51)64(43-14-5-4-6-15-43)46-27-30-59-54(37-46)52-18-10-12-20-58(52)65-59/h4-33,35-38H,34H2,1-3H3. The van der Waals surface area contributed by atoms with E-state index in [4.69, 9.17) is 0 Å². The van der Waals surface area contributed by atoms with Gasteiger partial charge in [-0.15, -0.1) is 11.3 Å². The van der Waals surface area contributed by atoms with Gasteiger partial charge >= 0.3 is 0 Å². The smallest absolute Gasteiger partial charge is 0.0988 e. The fraction of sp³-hybridized carbons (Fsp3) is 0.0984. The lowest BCUT2D eigenvalue weighted by atomic mass is 9.76. The Kier molecular flexibility index (Phi) is 8.95. The normalized spacial score (nSPS) is 16.1. The van der Waals surface area contributed by atoms with E-state index in [1.807, 2.05) is 17.4 Å². The molecule has 4 heteroatoms. The summed E-state index contributed by atoms with van der Waals surface area (Å²) in [6, 6.07) is 72.0. The predicted octanol–water partition coefficient (Wildman–Crippen LogP) is 17.3. The van der Waals surface area contributed by atoms with Crippen LogP contribution >= 0.6 is 11.3 Å². The van der Waals surface area contributed by atoms with Crippen LogP contribution in [0.4, 0.5) is 34.1 Å². The van der Waals surface area contributed by atoms with Gasteiger partial charge in [-0.05, 0) is 135 Å². The van der Waals surface area contributed by atoms with Crippen molar-refractivity contribution in [1.29, 1.82) is 5.26 Å². The van der Waals surface area contributed by atoms with Gasteiger partial charge in [0.05, 0.1) is 11.8 Å². The number of allylic oxidation sites excluding steroid dienone is 4. The van der Waals surface area contributed by atoms with Gasteiger partial charge in [0.1, 0.15) is 0 Å². The molecule has 12 rings (SSSR count). The molecule has 0 radical (unpaired) electrons. The Hall–Kier alpha value is -7.71. The Balaban J connectivity index is 1.06. The number of rotatable bonds is 7. The third-order valence-electron chi connectivity index (χ3n) is 14.1. The third-order valence-corrected chi connectivity index (χ3v) is 15.2. The molecule has 0 N–H and O–H groups in total. The van der Waals surface area contributed by atoms with E-state index in [0.29, 0.717) is 0 Å². The zero-order valence-electron chi connectivity index (χ0n) is 36.6. The number of hydrogen-bond acceptors (Lipinski definition) is 4. The number of nitrogens with zero attached hydrogens (tertiary/aromatic N) is 3. The van der Waals surface area contributed by atoms with E-state index in [9.17, 15) is 5.26 Å². The van der Waals surface area contributed by atoms with E-state index < -0.39 is 0 Å². The van der Waals surface area contributed by atoms with Crippen LogP contribution in [0.15, 0.2) is 212 Å². The molecule has 0 spiro atoms. The number of benzene rings is 9. The fourth-order valence-corrected chi connectivity index (χ4v) is 11.6. The molecule has 9 aromatic carbocycles. The molecule has 3 nitrogen and oxygen atoms in total. The van der Waals surface area contributed by atoms with Crippen LogP contribution in [0.5, 0.6) is 0 Å². The van der Waals surface area contributed by atoms with Crippen molar-refractivity contribution in [1.82, 2.24) is 0 Å². The number of anilines is 6. The van der Waals surface area contributed by atoms with E-state index in [2.05, 4.69) is 237 Å². The third kappa shape index (κ3) is 6.30. The molecule has 0 bridgehead atoms. The quantitative estimate of drug-likeness (QED) is 0.150. The number of hydrogen-bond donors (Lipinski definition) is 0. The van der Waals surface area contributed by atoms with Crippen LogP contribution in [0.25, 0.3) is 52.8 Å². The summed E-state index contributed by atoms with van der Waals surface area (Å²) in [5.74, 6) is 0. The summed E-state index contributed by atoms with van der Waals surface area (Å²) in [6.07, 6.45) is 6.99. The van der Waals surface area contributed by atoms with E-state index >= 15 is 0 Å². The van der Waals surface area contributed by atoms with Crippen LogP contribution < -0.4 is 9.80 Å². The molecule has 0 fully saturated rings. The number of nitriles is 1. The maximum Gasteiger partial charge on any atom is 0.0988 e. The topological polar surface area (TPSA) is 30.3 Å². The van der Waals surface area contributed by atoms with Gasteiger partial charge < -0.3 is 9.80 Å². The van der Waals surface area contributed by atoms with Crippen LogP contribution in [0.2, 0.25) is 0 Å². The first-order valence-electron chi connectivity index (χ1n) is 22.4. The number of thiophene rings is 1. The highest BCUT2D eigenvalue weighted by molar-refractivity contribution is 7.25. The van der Waals surface area contributed by atoms with Gasteiger partial charge in [0.15, 0.2) is 0 Å².